The fraction of sp³-hybridized carbons (Fsp3) is 0.188. The van der Waals surface area contributed by atoms with Crippen LogP contribution in [0.5, 0.6) is 0 Å². The van der Waals surface area contributed by atoms with Crippen molar-refractivity contribution in [3.8, 4) is 0 Å². The zero-order valence-electron chi connectivity index (χ0n) is 11.3. The average molecular weight is 272 g/mol. The van der Waals surface area contributed by atoms with E-state index in [0.717, 1.165) is 11.1 Å². The van der Waals surface area contributed by atoms with Gasteiger partial charge in [0.25, 0.3) is 0 Å². The molecule has 1 amide bonds. The van der Waals surface area contributed by atoms with Crippen LogP contribution in [0.4, 0.5) is 10.1 Å². The molecule has 0 heterocycles. The molecule has 20 heavy (non-hydrogen) atoms. The highest BCUT2D eigenvalue weighted by Crippen LogP contribution is 2.14. The molecular formula is C16H17FN2O. The number of amides is 1. The van der Waals surface area contributed by atoms with Crippen molar-refractivity contribution in [1.29, 1.82) is 0 Å². The third-order valence-corrected chi connectivity index (χ3v) is 2.94. The van der Waals surface area contributed by atoms with Crippen LogP contribution in [0.15, 0.2) is 48.5 Å². The van der Waals surface area contributed by atoms with Crippen LogP contribution >= 0.6 is 0 Å². The highest BCUT2D eigenvalue weighted by Gasteiger charge is 2.14. The molecule has 1 atom stereocenters. The molecule has 2 rings (SSSR count). The summed E-state index contributed by atoms with van der Waals surface area (Å²) in [5.41, 5.74) is 8.03. The molecule has 2 aromatic carbocycles. The lowest BCUT2D eigenvalue weighted by Crippen LogP contribution is -2.37. The number of rotatable bonds is 4. The Hall–Kier alpha value is -2.20. The van der Waals surface area contributed by atoms with E-state index in [1.165, 1.54) is 12.1 Å². The molecule has 0 aliphatic rings. The topological polar surface area (TPSA) is 55.1 Å². The maximum Gasteiger partial charge on any atom is 0.241 e. The molecule has 0 spiro atoms. The minimum atomic E-state index is -0.666. The van der Waals surface area contributed by atoms with Gasteiger partial charge in [-0.2, -0.15) is 0 Å². The van der Waals surface area contributed by atoms with Gasteiger partial charge in [0.15, 0.2) is 0 Å². The Morgan fingerprint density at radius 2 is 1.95 bits per heavy atom. The van der Waals surface area contributed by atoms with Crippen molar-refractivity contribution < 1.29 is 9.18 Å². The Labute approximate surface area is 117 Å². The van der Waals surface area contributed by atoms with Crippen molar-refractivity contribution >= 4 is 11.6 Å². The summed E-state index contributed by atoms with van der Waals surface area (Å²) in [6.07, 6.45) is 0.445. The Kier molecular flexibility index (Phi) is 4.48. The largest absolute Gasteiger partial charge is 0.325 e. The van der Waals surface area contributed by atoms with Gasteiger partial charge < -0.3 is 11.1 Å². The molecule has 3 nitrogen and oxygen atoms in total. The van der Waals surface area contributed by atoms with Gasteiger partial charge in [0.2, 0.25) is 5.91 Å². The highest BCUT2D eigenvalue weighted by atomic mass is 19.1. The van der Waals surface area contributed by atoms with E-state index >= 15 is 0 Å². The second-order valence-corrected chi connectivity index (χ2v) is 4.80. The lowest BCUT2D eigenvalue weighted by atomic mass is 10.1. The Bertz CT molecular complexity index is 578. The van der Waals surface area contributed by atoms with E-state index in [4.69, 9.17) is 5.73 Å². The van der Waals surface area contributed by atoms with Gasteiger partial charge >= 0.3 is 0 Å². The third-order valence-electron chi connectivity index (χ3n) is 2.94. The molecule has 0 radical (unpaired) electrons. The minimum absolute atomic E-state index is 0.321. The summed E-state index contributed by atoms with van der Waals surface area (Å²) in [5, 5.41) is 2.64. The lowest BCUT2D eigenvalue weighted by molar-refractivity contribution is -0.117. The summed E-state index contributed by atoms with van der Waals surface area (Å²) in [5.74, 6) is -0.698. The zero-order chi connectivity index (χ0) is 14.5. The summed E-state index contributed by atoms with van der Waals surface area (Å²) in [6.45, 7) is 1.77. The fourth-order valence-corrected chi connectivity index (χ4v) is 2.00. The smallest absolute Gasteiger partial charge is 0.241 e. The van der Waals surface area contributed by atoms with Crippen molar-refractivity contribution in [2.24, 2.45) is 5.73 Å². The van der Waals surface area contributed by atoms with Crippen LogP contribution in [-0.2, 0) is 11.2 Å². The van der Waals surface area contributed by atoms with Crippen molar-refractivity contribution in [3.05, 3.63) is 65.5 Å². The quantitative estimate of drug-likeness (QED) is 0.899. The van der Waals surface area contributed by atoms with E-state index in [-0.39, 0.29) is 11.7 Å². The zero-order valence-corrected chi connectivity index (χ0v) is 11.3. The number of nitrogens with two attached hydrogens (primary N) is 1. The Morgan fingerprint density at radius 1 is 1.25 bits per heavy atom. The van der Waals surface area contributed by atoms with Crippen LogP contribution in [0.25, 0.3) is 0 Å². The van der Waals surface area contributed by atoms with Crippen LogP contribution in [0.3, 0.4) is 0 Å². The Balaban J connectivity index is 2.00. The Morgan fingerprint density at radius 3 is 2.60 bits per heavy atom. The molecule has 0 aromatic heterocycles. The molecule has 104 valence electrons. The molecule has 3 N–H and O–H groups in total. The second-order valence-electron chi connectivity index (χ2n) is 4.80. The number of hydrogen-bond acceptors (Lipinski definition) is 2. The van der Waals surface area contributed by atoms with Crippen molar-refractivity contribution in [3.63, 3.8) is 0 Å². The standard InChI is InChI=1S/C16H17FN2O/c1-11-7-13(17)10-14(8-11)19-16(20)15(18)9-12-5-3-2-4-6-12/h2-8,10,15H,9,18H2,1H3,(H,19,20)/t15-/m1/s1. The number of nitrogens with one attached hydrogen (secondary N) is 1. The van der Waals surface area contributed by atoms with Crippen molar-refractivity contribution in [1.82, 2.24) is 0 Å². The van der Waals surface area contributed by atoms with Gasteiger partial charge in [-0.15, -0.1) is 0 Å². The number of anilines is 1. The number of halogens is 1. The van der Waals surface area contributed by atoms with Crippen LogP contribution in [0.2, 0.25) is 0 Å². The minimum Gasteiger partial charge on any atom is -0.325 e. The van der Waals surface area contributed by atoms with E-state index in [1.54, 1.807) is 13.0 Å². The van der Waals surface area contributed by atoms with Gasteiger partial charge in [0.1, 0.15) is 5.82 Å². The summed E-state index contributed by atoms with van der Waals surface area (Å²) in [7, 11) is 0. The molecule has 4 heteroatoms. The maximum absolute atomic E-state index is 13.2. The monoisotopic (exact) mass is 272 g/mol. The molecular weight excluding hydrogens is 255 g/mol. The SMILES string of the molecule is Cc1cc(F)cc(NC(=O)[C@H](N)Cc2ccccc2)c1. The lowest BCUT2D eigenvalue weighted by Gasteiger charge is -2.13. The molecule has 0 bridgehead atoms. The molecule has 0 aliphatic heterocycles. The highest BCUT2D eigenvalue weighted by molar-refractivity contribution is 5.94. The van der Waals surface area contributed by atoms with Crippen LogP contribution in [-0.4, -0.2) is 11.9 Å². The first-order chi connectivity index (χ1) is 9.54. The van der Waals surface area contributed by atoms with Gasteiger partial charge in [0.05, 0.1) is 6.04 Å². The van der Waals surface area contributed by atoms with Crippen LogP contribution < -0.4 is 11.1 Å². The number of carbonyl (C=O) groups excluding carboxylic acids is 1. The van der Waals surface area contributed by atoms with Gasteiger partial charge in [-0.05, 0) is 42.7 Å². The van der Waals surface area contributed by atoms with Gasteiger partial charge in [-0.25, -0.2) is 4.39 Å². The van der Waals surface area contributed by atoms with E-state index in [0.29, 0.717) is 12.1 Å². The van der Waals surface area contributed by atoms with Gasteiger partial charge in [0, 0.05) is 5.69 Å². The average Bonchev–Trinajstić information content (AvgIpc) is 2.38. The summed E-state index contributed by atoms with van der Waals surface area (Å²) >= 11 is 0. The second kappa shape index (κ2) is 6.30. The normalized spacial score (nSPS) is 11.9. The first-order valence-corrected chi connectivity index (χ1v) is 6.42. The maximum atomic E-state index is 13.2. The third kappa shape index (κ3) is 3.90. The van der Waals surface area contributed by atoms with Crippen molar-refractivity contribution in [2.45, 2.75) is 19.4 Å². The summed E-state index contributed by atoms with van der Waals surface area (Å²) < 4.78 is 13.2. The number of hydrogen-bond donors (Lipinski definition) is 2. The molecule has 0 fully saturated rings. The summed E-state index contributed by atoms with van der Waals surface area (Å²) in [6, 6.07) is 13.3. The predicted octanol–water partition coefficient (Wildman–Crippen LogP) is 2.64. The number of benzene rings is 2. The molecule has 0 aliphatic carbocycles. The van der Waals surface area contributed by atoms with Crippen LogP contribution in [0, 0.1) is 12.7 Å². The van der Waals surface area contributed by atoms with E-state index in [1.807, 2.05) is 30.3 Å². The molecule has 2 aromatic rings. The number of carbonyl (C=O) groups is 1. The molecule has 0 unspecified atom stereocenters. The first kappa shape index (κ1) is 14.2. The van der Waals surface area contributed by atoms with Gasteiger partial charge in [-0.3, -0.25) is 4.79 Å². The first-order valence-electron chi connectivity index (χ1n) is 6.42. The van der Waals surface area contributed by atoms with E-state index < -0.39 is 6.04 Å². The van der Waals surface area contributed by atoms with Crippen LogP contribution in [0.1, 0.15) is 11.1 Å². The summed E-state index contributed by atoms with van der Waals surface area (Å²) in [4.78, 5) is 12.0. The van der Waals surface area contributed by atoms with Crippen molar-refractivity contribution in [2.75, 3.05) is 5.32 Å². The van der Waals surface area contributed by atoms with E-state index in [9.17, 15) is 9.18 Å². The van der Waals surface area contributed by atoms with Gasteiger partial charge in [-0.1, -0.05) is 30.3 Å². The molecule has 0 saturated heterocycles. The number of aryl methyl sites for hydroxylation is 1. The predicted molar refractivity (Wildman–Crippen MR) is 77.9 cm³/mol. The van der Waals surface area contributed by atoms with E-state index in [2.05, 4.69) is 5.32 Å². The fourth-order valence-electron chi connectivity index (χ4n) is 2.00. The molecule has 0 saturated carbocycles.